The highest BCUT2D eigenvalue weighted by Crippen LogP contribution is 2.20. The van der Waals surface area contributed by atoms with Crippen molar-refractivity contribution in [3.05, 3.63) is 0 Å². The molecule has 114 valence electrons. The first kappa shape index (κ1) is 30.6. The van der Waals surface area contributed by atoms with Gasteiger partial charge in [-0.05, 0) is 0 Å². The molecule has 11 heteroatoms. The molecule has 0 spiro atoms. The predicted molar refractivity (Wildman–Crippen MR) is 62.8 cm³/mol. The average molecular weight is 314 g/mol. The van der Waals surface area contributed by atoms with E-state index < -0.39 is 15.6 Å². The van der Waals surface area contributed by atoms with Crippen molar-refractivity contribution in [3.63, 3.8) is 0 Å². The van der Waals surface area contributed by atoms with Crippen LogP contribution in [0.15, 0.2) is 0 Å². The molecule has 0 aliphatic rings. The number of alkyl halides is 3. The Kier molecular flexibility index (Phi) is 33.5. The van der Waals surface area contributed by atoms with E-state index in [2.05, 4.69) is 0 Å². The fourth-order valence-corrected chi connectivity index (χ4v) is 0. The van der Waals surface area contributed by atoms with E-state index in [1.165, 1.54) is 27.7 Å². The van der Waals surface area contributed by atoms with Gasteiger partial charge in [-0.15, -0.1) is 0 Å². The van der Waals surface area contributed by atoms with Gasteiger partial charge in [-0.3, -0.25) is 4.55 Å². The monoisotopic (exact) mass is 314 g/mol. The molecule has 0 bridgehead atoms. The van der Waals surface area contributed by atoms with Gasteiger partial charge in [-0.25, -0.2) is 0 Å². The van der Waals surface area contributed by atoms with Gasteiger partial charge in [0.25, 0.3) is 0 Å². The molecular weight excluding hydrogens is 301 g/mol. The van der Waals surface area contributed by atoms with Crippen LogP contribution in [0.5, 0.6) is 0 Å². The Morgan fingerprint density at radius 2 is 0.850 bits per heavy atom. The smallest absolute Gasteiger partial charge is 0.279 e. The van der Waals surface area contributed by atoms with Crippen molar-refractivity contribution in [1.82, 2.24) is 0 Å². The first-order valence-electron chi connectivity index (χ1n) is 4.18. The van der Waals surface area contributed by atoms with Crippen LogP contribution in [-0.2, 0) is 10.1 Å². The summed E-state index contributed by atoms with van der Waals surface area (Å²) in [6.07, 6.45) is 0. The second-order valence-electron chi connectivity index (χ2n) is 1.82. The number of nitrogens with zero attached hydrogens (tertiary/aromatic N) is 4. The Balaban J connectivity index is -0.0000000527. The van der Waals surface area contributed by atoms with E-state index in [1.54, 1.807) is 24.3 Å². The lowest BCUT2D eigenvalue weighted by atomic mass is 11.0. The fraction of sp³-hybridized carbons (Fsp3) is 0.556. The summed E-state index contributed by atoms with van der Waals surface area (Å²) < 4.78 is 57.5. The van der Waals surface area contributed by atoms with Gasteiger partial charge in [0.05, 0.1) is 24.3 Å². The summed E-state index contributed by atoms with van der Waals surface area (Å²) >= 11 is 0. The molecule has 0 aromatic heterocycles. The van der Waals surface area contributed by atoms with Gasteiger partial charge < -0.3 is 0 Å². The Morgan fingerprint density at radius 3 is 0.850 bits per heavy atom. The third-order valence-electron chi connectivity index (χ3n) is 0.292. The molecule has 0 saturated carbocycles. The summed E-state index contributed by atoms with van der Waals surface area (Å²) in [7, 11) is -5.84. The molecule has 0 heterocycles. The van der Waals surface area contributed by atoms with Gasteiger partial charge in [-0.1, -0.05) is 0 Å². The van der Waals surface area contributed by atoms with Gasteiger partial charge in [0.15, 0.2) is 0 Å². The summed E-state index contributed by atoms with van der Waals surface area (Å²) in [5.74, 6) is 0. The van der Waals surface area contributed by atoms with Gasteiger partial charge in [0, 0.05) is 27.7 Å². The lowest BCUT2D eigenvalue weighted by Crippen LogP contribution is -2.21. The maximum absolute atomic E-state index is 10.7. The summed E-state index contributed by atoms with van der Waals surface area (Å²) in [6.45, 7) is 5.72. The van der Waals surface area contributed by atoms with Crippen molar-refractivity contribution in [2.75, 3.05) is 0 Å². The van der Waals surface area contributed by atoms with E-state index in [0.717, 1.165) is 0 Å². The standard InChI is InChI=1S/4C2H3N.CHF3O3S/c4*1-2-3;2-1(3,4)8(5,6)7/h4*1H3;(H,5,6,7). The maximum atomic E-state index is 10.7. The summed E-state index contributed by atoms with van der Waals surface area (Å²) in [5, 5.41) is 29.3. The van der Waals surface area contributed by atoms with Crippen LogP contribution in [0.4, 0.5) is 13.2 Å². The SMILES string of the molecule is CC#N.CC#N.CC#N.CC#N.O=S(=O)(O)C(F)(F)F. The van der Waals surface area contributed by atoms with Crippen LogP contribution in [0.2, 0.25) is 0 Å². The summed E-state index contributed by atoms with van der Waals surface area (Å²) in [6, 6.07) is 7.00. The average Bonchev–Trinajstić information content (AvgIpc) is 2.18. The molecule has 0 aliphatic heterocycles. The molecule has 1 N–H and O–H groups in total. The largest absolute Gasteiger partial charge is 0.522 e. The Morgan fingerprint density at radius 1 is 0.800 bits per heavy atom. The molecule has 0 fully saturated rings. The molecule has 0 atom stereocenters. The number of halogens is 3. The third-order valence-corrected chi connectivity index (χ3v) is 0.877. The lowest BCUT2D eigenvalue weighted by molar-refractivity contribution is -0.0510. The molecule has 20 heavy (non-hydrogen) atoms. The molecule has 0 rings (SSSR count). The maximum Gasteiger partial charge on any atom is 0.522 e. The zero-order valence-electron chi connectivity index (χ0n) is 11.1. The topological polar surface area (TPSA) is 150 Å². The van der Waals surface area contributed by atoms with E-state index >= 15 is 0 Å². The number of hydrogen-bond acceptors (Lipinski definition) is 6. The van der Waals surface area contributed by atoms with Gasteiger partial charge in [0.2, 0.25) is 0 Å². The van der Waals surface area contributed by atoms with Crippen molar-refractivity contribution in [3.8, 4) is 24.3 Å². The van der Waals surface area contributed by atoms with E-state index in [4.69, 9.17) is 34.0 Å². The normalized spacial score (nSPS) is 7.20. The number of nitriles is 4. The van der Waals surface area contributed by atoms with Crippen LogP contribution in [0, 0.1) is 45.3 Å². The van der Waals surface area contributed by atoms with E-state index in [0.29, 0.717) is 0 Å². The minimum atomic E-state index is -5.84. The van der Waals surface area contributed by atoms with E-state index in [-0.39, 0.29) is 0 Å². The molecule has 0 aliphatic carbocycles. The van der Waals surface area contributed by atoms with E-state index in [1.807, 2.05) is 0 Å². The van der Waals surface area contributed by atoms with Crippen molar-refractivity contribution in [2.45, 2.75) is 33.2 Å². The molecule has 0 unspecified atom stereocenters. The second kappa shape index (κ2) is 21.9. The zero-order chi connectivity index (χ0) is 17.8. The molecule has 0 aromatic rings. The lowest BCUT2D eigenvalue weighted by Gasteiger charge is -1.97. The molecule has 0 radical (unpaired) electrons. The van der Waals surface area contributed by atoms with Crippen molar-refractivity contribution in [1.29, 1.82) is 21.0 Å². The highest BCUT2D eigenvalue weighted by atomic mass is 32.2. The zero-order valence-corrected chi connectivity index (χ0v) is 11.9. The number of hydrogen-bond donors (Lipinski definition) is 1. The van der Waals surface area contributed by atoms with Gasteiger partial charge in [0.1, 0.15) is 0 Å². The Bertz CT molecular complexity index is 413. The van der Waals surface area contributed by atoms with Gasteiger partial charge in [-0.2, -0.15) is 42.6 Å². The van der Waals surface area contributed by atoms with Crippen LogP contribution in [0.3, 0.4) is 0 Å². The van der Waals surface area contributed by atoms with Gasteiger partial charge >= 0.3 is 15.6 Å². The minimum absolute atomic E-state index is 1.43. The second-order valence-corrected chi connectivity index (χ2v) is 3.23. The third kappa shape index (κ3) is 75.9. The highest BCUT2D eigenvalue weighted by Gasteiger charge is 2.44. The predicted octanol–water partition coefficient (Wildman–Crippen LogP) is 2.51. The van der Waals surface area contributed by atoms with Crippen LogP contribution in [0.1, 0.15) is 27.7 Å². The number of rotatable bonds is 0. The van der Waals surface area contributed by atoms with Crippen molar-refractivity contribution < 1.29 is 26.1 Å². The molecular formula is C9H13F3N4O3S. The molecule has 7 nitrogen and oxygen atoms in total. The minimum Gasteiger partial charge on any atom is -0.279 e. The van der Waals surface area contributed by atoms with Crippen molar-refractivity contribution in [2.24, 2.45) is 0 Å². The quantitative estimate of drug-likeness (QED) is 0.533. The Hall–Kier alpha value is -2.34. The van der Waals surface area contributed by atoms with Crippen LogP contribution < -0.4 is 0 Å². The van der Waals surface area contributed by atoms with Crippen LogP contribution >= 0.6 is 0 Å². The van der Waals surface area contributed by atoms with Crippen LogP contribution in [0.25, 0.3) is 0 Å². The first-order valence-corrected chi connectivity index (χ1v) is 5.62. The van der Waals surface area contributed by atoms with Crippen molar-refractivity contribution >= 4 is 10.1 Å². The highest BCUT2D eigenvalue weighted by molar-refractivity contribution is 7.86. The van der Waals surface area contributed by atoms with E-state index in [9.17, 15) is 13.2 Å². The Labute approximate surface area is 115 Å². The van der Waals surface area contributed by atoms with Crippen LogP contribution in [-0.4, -0.2) is 18.5 Å². The molecule has 0 saturated heterocycles. The summed E-state index contributed by atoms with van der Waals surface area (Å²) in [4.78, 5) is 0. The summed E-state index contributed by atoms with van der Waals surface area (Å²) in [5.41, 5.74) is -5.53. The first-order chi connectivity index (χ1) is 8.91. The molecule has 0 amide bonds. The molecule has 0 aromatic carbocycles. The fourth-order valence-electron chi connectivity index (χ4n) is 0.